The third-order valence-electron chi connectivity index (χ3n) is 3.54. The number of hydrogen-bond acceptors (Lipinski definition) is 3. The molecule has 0 aromatic heterocycles. The molecule has 0 aliphatic carbocycles. The molecule has 2 saturated heterocycles. The van der Waals surface area contributed by atoms with Crippen molar-refractivity contribution in [2.45, 2.75) is 38.3 Å². The van der Waals surface area contributed by atoms with Crippen LogP contribution in [-0.2, 0) is 9.59 Å². The Hall–Kier alpha value is -1.10. The molecule has 2 aliphatic heterocycles. The number of hydrogen-bond donors (Lipinski definition) is 1. The van der Waals surface area contributed by atoms with Crippen LogP contribution in [-0.4, -0.2) is 53.3 Å². The number of nitrogens with two attached hydrogens (primary N) is 1. The van der Waals surface area contributed by atoms with Gasteiger partial charge < -0.3 is 15.5 Å². The maximum atomic E-state index is 11.7. The quantitative estimate of drug-likeness (QED) is 0.657. The molecule has 1 unspecified atom stereocenters. The summed E-state index contributed by atoms with van der Waals surface area (Å²) >= 11 is 0. The molecular formula is C11H19N3O2. The van der Waals surface area contributed by atoms with Crippen LogP contribution in [0.15, 0.2) is 0 Å². The Morgan fingerprint density at radius 1 is 1.38 bits per heavy atom. The van der Waals surface area contributed by atoms with E-state index >= 15 is 0 Å². The molecule has 2 fully saturated rings. The Bertz CT molecular complexity index is 298. The molecule has 0 spiro atoms. The summed E-state index contributed by atoms with van der Waals surface area (Å²) in [5.41, 5.74) is 5.77. The van der Waals surface area contributed by atoms with Gasteiger partial charge >= 0.3 is 0 Å². The van der Waals surface area contributed by atoms with Crippen LogP contribution >= 0.6 is 0 Å². The Morgan fingerprint density at radius 2 is 2.00 bits per heavy atom. The number of piperidine rings is 1. The number of nitrogens with zero attached hydrogens (tertiary/aromatic N) is 2. The maximum Gasteiger partial charge on any atom is 0.224 e. The normalized spacial score (nSPS) is 27.6. The first-order valence-corrected chi connectivity index (χ1v) is 5.88. The van der Waals surface area contributed by atoms with Crippen molar-refractivity contribution in [3.8, 4) is 0 Å². The lowest BCUT2D eigenvalue weighted by Crippen LogP contribution is -2.47. The molecule has 0 aromatic rings. The number of carbonyl (C=O) groups is 2. The fraction of sp³-hybridized carbons (Fsp3) is 0.818. The highest BCUT2D eigenvalue weighted by Gasteiger charge is 2.34. The maximum absolute atomic E-state index is 11.7. The minimum Gasteiger partial charge on any atom is -0.343 e. The molecule has 90 valence electrons. The summed E-state index contributed by atoms with van der Waals surface area (Å²) in [5.74, 6) is 0.302. The highest BCUT2D eigenvalue weighted by molar-refractivity contribution is 5.79. The topological polar surface area (TPSA) is 66.6 Å². The van der Waals surface area contributed by atoms with Gasteiger partial charge in [0.1, 0.15) is 0 Å². The van der Waals surface area contributed by atoms with Gasteiger partial charge in [0, 0.05) is 45.1 Å². The molecule has 0 bridgehead atoms. The second-order valence-corrected chi connectivity index (χ2v) is 4.75. The summed E-state index contributed by atoms with van der Waals surface area (Å²) in [6.45, 7) is 3.80. The predicted octanol–water partition coefficient (Wildman–Crippen LogP) is -0.443. The van der Waals surface area contributed by atoms with Crippen LogP contribution in [0.5, 0.6) is 0 Å². The third-order valence-corrected chi connectivity index (χ3v) is 3.54. The van der Waals surface area contributed by atoms with E-state index in [2.05, 4.69) is 0 Å². The van der Waals surface area contributed by atoms with Crippen molar-refractivity contribution in [2.75, 3.05) is 19.6 Å². The summed E-state index contributed by atoms with van der Waals surface area (Å²) in [6.07, 6.45) is 2.25. The summed E-state index contributed by atoms with van der Waals surface area (Å²) in [7, 11) is 0. The highest BCUT2D eigenvalue weighted by atomic mass is 16.2. The zero-order valence-electron chi connectivity index (χ0n) is 9.69. The first kappa shape index (κ1) is 11.4. The van der Waals surface area contributed by atoms with E-state index in [0.29, 0.717) is 13.0 Å². The Kier molecular flexibility index (Phi) is 3.14. The summed E-state index contributed by atoms with van der Waals surface area (Å²) in [6, 6.07) is 0.287. The Morgan fingerprint density at radius 3 is 2.44 bits per heavy atom. The Labute approximate surface area is 95.6 Å². The largest absolute Gasteiger partial charge is 0.343 e. The van der Waals surface area contributed by atoms with Crippen molar-refractivity contribution in [2.24, 2.45) is 5.73 Å². The second kappa shape index (κ2) is 4.41. The summed E-state index contributed by atoms with van der Waals surface area (Å²) in [4.78, 5) is 26.6. The van der Waals surface area contributed by atoms with Crippen molar-refractivity contribution in [1.82, 2.24) is 9.80 Å². The zero-order chi connectivity index (χ0) is 11.7. The van der Waals surface area contributed by atoms with Crippen molar-refractivity contribution >= 4 is 11.8 Å². The minimum atomic E-state index is -0.00154. The molecule has 1 atom stereocenters. The SMILES string of the molecule is CC(=O)N1CCC(N2CC(N)CC2=O)CC1. The van der Waals surface area contributed by atoms with E-state index < -0.39 is 0 Å². The molecule has 0 aromatic carbocycles. The zero-order valence-corrected chi connectivity index (χ0v) is 9.69. The van der Waals surface area contributed by atoms with Gasteiger partial charge in [0.05, 0.1) is 0 Å². The van der Waals surface area contributed by atoms with Crippen molar-refractivity contribution < 1.29 is 9.59 Å². The molecule has 0 radical (unpaired) electrons. The number of amides is 2. The first-order chi connectivity index (χ1) is 7.58. The number of likely N-dealkylation sites (tertiary alicyclic amines) is 2. The van der Waals surface area contributed by atoms with E-state index in [1.807, 2.05) is 9.80 Å². The van der Waals surface area contributed by atoms with Crippen LogP contribution in [0.4, 0.5) is 0 Å². The van der Waals surface area contributed by atoms with E-state index in [1.54, 1.807) is 6.92 Å². The highest BCUT2D eigenvalue weighted by Crippen LogP contribution is 2.21. The Balaban J connectivity index is 1.89. The van der Waals surface area contributed by atoms with Gasteiger partial charge in [-0.15, -0.1) is 0 Å². The summed E-state index contributed by atoms with van der Waals surface area (Å²) < 4.78 is 0. The van der Waals surface area contributed by atoms with Crippen molar-refractivity contribution in [1.29, 1.82) is 0 Å². The van der Waals surface area contributed by atoms with Gasteiger partial charge in [-0.05, 0) is 12.8 Å². The molecule has 5 nitrogen and oxygen atoms in total. The molecule has 16 heavy (non-hydrogen) atoms. The first-order valence-electron chi connectivity index (χ1n) is 5.88. The lowest BCUT2D eigenvalue weighted by Gasteiger charge is -2.36. The third kappa shape index (κ3) is 2.19. The van der Waals surface area contributed by atoms with E-state index in [4.69, 9.17) is 5.73 Å². The second-order valence-electron chi connectivity index (χ2n) is 4.75. The molecule has 2 heterocycles. The molecule has 2 amide bonds. The molecule has 0 saturated carbocycles. The summed E-state index contributed by atoms with van der Waals surface area (Å²) in [5, 5.41) is 0. The van der Waals surface area contributed by atoms with E-state index in [1.165, 1.54) is 0 Å². The van der Waals surface area contributed by atoms with E-state index in [0.717, 1.165) is 25.9 Å². The number of rotatable bonds is 1. The van der Waals surface area contributed by atoms with Gasteiger partial charge in [0.25, 0.3) is 0 Å². The van der Waals surface area contributed by atoms with Gasteiger partial charge in [-0.2, -0.15) is 0 Å². The fourth-order valence-electron chi connectivity index (χ4n) is 2.61. The monoisotopic (exact) mass is 225 g/mol. The van der Waals surface area contributed by atoms with Gasteiger partial charge in [-0.3, -0.25) is 9.59 Å². The standard InChI is InChI=1S/C11H19N3O2/c1-8(15)13-4-2-10(3-5-13)14-7-9(12)6-11(14)16/h9-10H,2-7,12H2,1H3. The lowest BCUT2D eigenvalue weighted by molar-refractivity contribution is -0.133. The lowest BCUT2D eigenvalue weighted by atomic mass is 10.0. The smallest absolute Gasteiger partial charge is 0.224 e. The molecule has 5 heteroatoms. The fourth-order valence-corrected chi connectivity index (χ4v) is 2.61. The van der Waals surface area contributed by atoms with Gasteiger partial charge in [0.15, 0.2) is 0 Å². The molecular weight excluding hydrogens is 206 g/mol. The van der Waals surface area contributed by atoms with E-state index in [-0.39, 0.29) is 23.9 Å². The van der Waals surface area contributed by atoms with Gasteiger partial charge in [-0.1, -0.05) is 0 Å². The predicted molar refractivity (Wildman–Crippen MR) is 59.6 cm³/mol. The average molecular weight is 225 g/mol. The molecule has 2 N–H and O–H groups in total. The number of carbonyl (C=O) groups excluding carboxylic acids is 2. The van der Waals surface area contributed by atoms with Gasteiger partial charge in [0.2, 0.25) is 11.8 Å². The van der Waals surface area contributed by atoms with Crippen LogP contribution in [0.1, 0.15) is 26.2 Å². The van der Waals surface area contributed by atoms with Crippen LogP contribution in [0.2, 0.25) is 0 Å². The molecule has 2 aliphatic rings. The van der Waals surface area contributed by atoms with Crippen LogP contribution in [0.25, 0.3) is 0 Å². The van der Waals surface area contributed by atoms with Crippen LogP contribution in [0, 0.1) is 0 Å². The van der Waals surface area contributed by atoms with Crippen molar-refractivity contribution in [3.05, 3.63) is 0 Å². The van der Waals surface area contributed by atoms with Crippen molar-refractivity contribution in [3.63, 3.8) is 0 Å². The van der Waals surface area contributed by atoms with Gasteiger partial charge in [-0.25, -0.2) is 0 Å². The van der Waals surface area contributed by atoms with Crippen LogP contribution < -0.4 is 5.73 Å². The van der Waals surface area contributed by atoms with Crippen LogP contribution in [0.3, 0.4) is 0 Å². The average Bonchev–Trinajstić information content (AvgIpc) is 2.58. The molecule has 2 rings (SSSR count). The minimum absolute atomic E-state index is 0.00154. The van der Waals surface area contributed by atoms with E-state index in [9.17, 15) is 9.59 Å².